The van der Waals surface area contributed by atoms with Crippen LogP contribution in [0.25, 0.3) is 11.1 Å². The van der Waals surface area contributed by atoms with E-state index < -0.39 is 0 Å². The number of halogens is 2. The number of hydrogen-bond acceptors (Lipinski definition) is 0. The van der Waals surface area contributed by atoms with Crippen LogP contribution in [0.1, 0.15) is 87.8 Å². The van der Waals surface area contributed by atoms with Crippen LogP contribution in [0.2, 0.25) is 0 Å². The van der Waals surface area contributed by atoms with Crippen molar-refractivity contribution in [3.05, 3.63) is 155 Å². The molecule has 0 amide bonds. The van der Waals surface area contributed by atoms with Gasteiger partial charge in [0.05, 0.1) is 0 Å². The van der Waals surface area contributed by atoms with Crippen molar-refractivity contribution in [2.45, 2.75) is 84.5 Å². The summed E-state index contributed by atoms with van der Waals surface area (Å²) in [6.45, 7) is 13.6. The molecule has 0 nitrogen and oxygen atoms in total. The van der Waals surface area contributed by atoms with Crippen molar-refractivity contribution in [1.29, 1.82) is 0 Å². The maximum absolute atomic E-state index is 3.53. The molecule has 0 N–H and O–H groups in total. The Balaban J connectivity index is 0.000000265. The van der Waals surface area contributed by atoms with Crippen molar-refractivity contribution in [2.75, 3.05) is 0 Å². The van der Waals surface area contributed by atoms with Crippen LogP contribution in [0.3, 0.4) is 0 Å². The number of benzene rings is 4. The van der Waals surface area contributed by atoms with E-state index in [0.717, 1.165) is 19.3 Å². The van der Waals surface area contributed by atoms with Crippen molar-refractivity contribution in [2.24, 2.45) is 0 Å². The zero-order valence-electron chi connectivity index (χ0n) is 27.7. The Morgan fingerprint density at radius 3 is 1.87 bits per heavy atom. The maximum atomic E-state index is 3.53. The van der Waals surface area contributed by atoms with E-state index >= 15 is 0 Å². The predicted octanol–water partition coefficient (Wildman–Crippen LogP) is 4.55. The molecule has 0 fully saturated rings. The molecule has 2 aliphatic carbocycles. The molecule has 0 spiro atoms. The van der Waals surface area contributed by atoms with Gasteiger partial charge in [-0.1, -0.05) is 76.3 Å². The fourth-order valence-corrected chi connectivity index (χ4v) is 6.00. The number of allylic oxidation sites excluding steroid dienone is 4. The Kier molecular flexibility index (Phi) is 15.7. The molecule has 0 aliphatic heterocycles. The Morgan fingerprint density at radius 1 is 0.733 bits per heavy atom. The van der Waals surface area contributed by atoms with Crippen LogP contribution >= 0.6 is 0 Å². The molecule has 0 bridgehead atoms. The van der Waals surface area contributed by atoms with Crippen LogP contribution in [-0.4, -0.2) is 3.21 Å². The normalized spacial score (nSPS) is 12.4. The third-order valence-corrected chi connectivity index (χ3v) is 8.98. The van der Waals surface area contributed by atoms with E-state index in [1.54, 1.807) is 27.4 Å². The summed E-state index contributed by atoms with van der Waals surface area (Å²) in [4.78, 5) is 0. The monoisotopic (exact) mass is 710 g/mol. The van der Waals surface area contributed by atoms with Crippen LogP contribution in [0, 0.1) is 12.1 Å². The summed E-state index contributed by atoms with van der Waals surface area (Å²) in [5.74, 6) is 0. The Morgan fingerprint density at radius 2 is 1.33 bits per heavy atom. The number of fused-ring (bicyclic) bond motifs is 3. The van der Waals surface area contributed by atoms with Crippen LogP contribution < -0.4 is 24.8 Å². The van der Waals surface area contributed by atoms with Crippen molar-refractivity contribution in [3.8, 4) is 11.1 Å². The van der Waals surface area contributed by atoms with Gasteiger partial charge in [-0.15, -0.1) is 12.0 Å². The molecule has 4 aromatic rings. The van der Waals surface area contributed by atoms with Gasteiger partial charge >= 0.3 is 118 Å². The summed E-state index contributed by atoms with van der Waals surface area (Å²) in [5.41, 5.74) is 11.6. The van der Waals surface area contributed by atoms with E-state index in [4.69, 9.17) is 0 Å². The van der Waals surface area contributed by atoms with Gasteiger partial charge in [-0.05, 0) is 17.4 Å². The van der Waals surface area contributed by atoms with Gasteiger partial charge in [0.25, 0.3) is 0 Å². The topological polar surface area (TPSA) is 0 Å². The molecule has 45 heavy (non-hydrogen) atoms. The second kappa shape index (κ2) is 18.1. The Bertz CT molecular complexity index is 1480. The summed E-state index contributed by atoms with van der Waals surface area (Å²) in [6, 6.07) is 36.6. The van der Waals surface area contributed by atoms with Crippen LogP contribution in [0.4, 0.5) is 0 Å². The standard InChI is InChI=1S/C21H25.C16H16.C5H5.2ClH.Zr/c1-20(2,3)16-9-7-14-11-15-8-10-17(21(4,5)6)13-19(15)18(14)12-16;1-3-9-15(10-4-1)13-7-8-14-16-11-5-2-6-12-16;1-2-4-5-3-1;;;/h7,9-10,12-13H,11H2,1-6H3;1-6,9-12H,7,13-14H2;1-3H,4H2;2*1H;/q-1;;-1;;;+2/p-2. The SMILES string of the molecule is CC(C)(C)c1c[c-]c2c(c1)-c1cc(C(C)(C)C)ccc1C2.[C-]1=CC=CC1.[Cl-].[Cl-].[Zr+2]=[C](CCc1ccccc1)Cc1ccccc1. The van der Waals surface area contributed by atoms with E-state index in [2.05, 4.69) is 151 Å². The Hall–Kier alpha value is -2.31. The molecule has 0 heterocycles. The molecule has 0 saturated heterocycles. The molecule has 0 saturated carbocycles. The first kappa shape index (κ1) is 38.9. The Labute approximate surface area is 300 Å². The number of aryl methyl sites for hydroxylation is 1. The van der Waals surface area contributed by atoms with Gasteiger partial charge in [0.1, 0.15) is 0 Å². The van der Waals surface area contributed by atoms with Crippen molar-refractivity contribution in [1.82, 2.24) is 0 Å². The number of hydrogen-bond donors (Lipinski definition) is 0. The second-order valence-electron chi connectivity index (χ2n) is 13.6. The zero-order valence-corrected chi connectivity index (χ0v) is 31.7. The third kappa shape index (κ3) is 12.1. The fourth-order valence-electron chi connectivity index (χ4n) is 5.20. The summed E-state index contributed by atoms with van der Waals surface area (Å²) in [5, 5.41) is 0. The van der Waals surface area contributed by atoms with Crippen LogP contribution in [-0.2, 0) is 54.3 Å². The molecule has 0 unspecified atom stereocenters. The zero-order chi connectivity index (χ0) is 30.9. The molecule has 2 aliphatic rings. The number of rotatable bonds is 5. The fraction of sp³-hybridized carbons (Fsp3) is 0.310. The summed E-state index contributed by atoms with van der Waals surface area (Å²) < 4.78 is 1.65. The van der Waals surface area contributed by atoms with Gasteiger partial charge < -0.3 is 24.8 Å². The van der Waals surface area contributed by atoms with Crippen molar-refractivity contribution in [3.63, 3.8) is 0 Å². The summed E-state index contributed by atoms with van der Waals surface area (Å²) in [6.07, 6.45) is 14.6. The quantitative estimate of drug-likeness (QED) is 0.235. The average molecular weight is 713 g/mol. The van der Waals surface area contributed by atoms with E-state index in [1.165, 1.54) is 57.3 Å². The van der Waals surface area contributed by atoms with E-state index in [1.807, 2.05) is 12.2 Å². The van der Waals surface area contributed by atoms with E-state index in [9.17, 15) is 0 Å². The van der Waals surface area contributed by atoms with Gasteiger partial charge in [-0.2, -0.15) is 35.4 Å². The minimum atomic E-state index is 0. The van der Waals surface area contributed by atoms with Gasteiger partial charge in [0.2, 0.25) is 0 Å². The molecule has 0 atom stereocenters. The first-order valence-corrected chi connectivity index (χ1v) is 16.8. The summed E-state index contributed by atoms with van der Waals surface area (Å²) in [7, 11) is 0. The molecular weight excluding hydrogens is 667 g/mol. The minimum absolute atomic E-state index is 0. The van der Waals surface area contributed by atoms with Crippen LogP contribution in [0.15, 0.2) is 109 Å². The van der Waals surface area contributed by atoms with E-state index in [0.29, 0.717) is 0 Å². The molecule has 0 radical (unpaired) electrons. The van der Waals surface area contributed by atoms with Crippen molar-refractivity contribution < 1.29 is 49.0 Å². The van der Waals surface area contributed by atoms with Gasteiger partial charge in [-0.25, -0.2) is 12.2 Å². The van der Waals surface area contributed by atoms with E-state index in [-0.39, 0.29) is 35.6 Å². The van der Waals surface area contributed by atoms with Gasteiger partial charge in [0, 0.05) is 0 Å². The molecule has 4 aromatic carbocycles. The molecule has 0 aromatic heterocycles. The van der Waals surface area contributed by atoms with Crippen LogP contribution in [0.5, 0.6) is 0 Å². The molecular formula is C42H46Cl2Zr-2. The molecule has 234 valence electrons. The second-order valence-corrected chi connectivity index (χ2v) is 15.3. The van der Waals surface area contributed by atoms with Gasteiger partial charge in [-0.3, -0.25) is 6.08 Å². The molecule has 6 rings (SSSR count). The first-order valence-electron chi connectivity index (χ1n) is 15.6. The summed E-state index contributed by atoms with van der Waals surface area (Å²) >= 11 is 1.57. The van der Waals surface area contributed by atoms with Gasteiger partial charge in [0.15, 0.2) is 0 Å². The average Bonchev–Trinajstić information content (AvgIpc) is 3.68. The first-order chi connectivity index (χ1) is 20.5. The predicted molar refractivity (Wildman–Crippen MR) is 182 cm³/mol. The molecule has 3 heteroatoms. The third-order valence-electron chi connectivity index (χ3n) is 7.93. The van der Waals surface area contributed by atoms with Crippen molar-refractivity contribution >= 4 is 3.21 Å².